The van der Waals surface area contributed by atoms with E-state index in [1.165, 1.54) is 12.7 Å². The van der Waals surface area contributed by atoms with Gasteiger partial charge >= 0.3 is 0 Å². The van der Waals surface area contributed by atoms with Crippen LogP contribution >= 0.6 is 0 Å². The molecule has 15 rings (SSSR count). The van der Waals surface area contributed by atoms with Crippen LogP contribution < -0.4 is 0 Å². The fourth-order valence-electron chi connectivity index (χ4n) is 10.0. The number of aromatic nitrogens is 13. The Morgan fingerprint density at radius 1 is 0.380 bits per heavy atom. The third-order valence-electron chi connectivity index (χ3n) is 13.2. The third-order valence-corrected chi connectivity index (χ3v) is 13.2. The van der Waals surface area contributed by atoms with E-state index in [0.29, 0.717) is 39.7 Å². The van der Waals surface area contributed by atoms with E-state index in [9.17, 15) is 0 Å². The number of fused-ring (bicyclic) bond motifs is 12. The highest BCUT2D eigenvalue weighted by Crippen LogP contribution is 2.43. The van der Waals surface area contributed by atoms with E-state index in [1.54, 1.807) is 24.8 Å². The van der Waals surface area contributed by atoms with Gasteiger partial charge in [-0.05, 0) is 76.9 Å². The summed E-state index contributed by atoms with van der Waals surface area (Å²) >= 11 is 0. The third kappa shape index (κ3) is 6.11. The molecule has 14 heteroatoms. The highest BCUT2D eigenvalue weighted by molar-refractivity contribution is 6.26. The lowest BCUT2D eigenvalue weighted by atomic mass is 10.00. The lowest BCUT2D eigenvalue weighted by Gasteiger charge is -2.12. The second-order valence-corrected chi connectivity index (χ2v) is 17.3. The first-order valence-corrected chi connectivity index (χ1v) is 22.9. The van der Waals surface area contributed by atoms with Crippen molar-refractivity contribution in [1.82, 2.24) is 64.0 Å². The first kappa shape index (κ1) is 38.9. The van der Waals surface area contributed by atoms with Crippen LogP contribution in [0.15, 0.2) is 194 Å². The van der Waals surface area contributed by atoms with Crippen molar-refractivity contribution >= 4 is 87.9 Å². The van der Waals surface area contributed by atoms with Crippen LogP contribution in [-0.2, 0) is 0 Å². The Morgan fingerprint density at radius 2 is 1.03 bits per heavy atom. The van der Waals surface area contributed by atoms with E-state index < -0.39 is 0 Å². The summed E-state index contributed by atoms with van der Waals surface area (Å²) in [7, 11) is 0. The van der Waals surface area contributed by atoms with Gasteiger partial charge in [-0.2, -0.15) is 9.97 Å². The molecule has 330 valence electrons. The second-order valence-electron chi connectivity index (χ2n) is 17.3. The SMILES string of the molecule is c1ccc(-c2ccc3oc4ccc(-c5cccc(-n6c7ccccc7c7c6ccc6c8ccccc8n(-c8nc(-c9cnc%10ncncc%10n9)nc(-c9cnc%10cncnc%10n9)n8)c67)c5)cc4c3c2)cc1. The number of benzene rings is 7. The average Bonchev–Trinajstić information content (AvgIpc) is 4.10. The van der Waals surface area contributed by atoms with Crippen LogP contribution in [0.4, 0.5) is 0 Å². The molecule has 0 bridgehead atoms. The number of hydrogen-bond donors (Lipinski definition) is 0. The Kier molecular flexibility index (Phi) is 8.29. The molecule has 0 atom stereocenters. The van der Waals surface area contributed by atoms with Crippen molar-refractivity contribution in [1.29, 1.82) is 0 Å². The Hall–Kier alpha value is -10.2. The molecule has 0 amide bonds. The van der Waals surface area contributed by atoms with Crippen molar-refractivity contribution in [3.8, 4) is 56.9 Å². The minimum atomic E-state index is 0.278. The molecule has 8 aromatic heterocycles. The zero-order valence-corrected chi connectivity index (χ0v) is 37.1. The van der Waals surface area contributed by atoms with E-state index in [1.807, 2.05) is 12.1 Å². The lowest BCUT2D eigenvalue weighted by molar-refractivity contribution is 0.669. The Bertz CT molecular complexity index is 4580. The molecular formula is C57H31N13O. The zero-order chi connectivity index (χ0) is 46.6. The van der Waals surface area contributed by atoms with E-state index in [2.05, 4.69) is 179 Å². The van der Waals surface area contributed by atoms with Gasteiger partial charge in [0.15, 0.2) is 22.9 Å². The summed E-state index contributed by atoms with van der Waals surface area (Å²) in [5.41, 5.74) is 13.8. The molecule has 15 aromatic rings. The topological polar surface area (TPSA) is 165 Å². The van der Waals surface area contributed by atoms with Crippen molar-refractivity contribution in [3.05, 3.63) is 189 Å². The molecular weight excluding hydrogens is 883 g/mol. The monoisotopic (exact) mass is 913 g/mol. The highest BCUT2D eigenvalue weighted by atomic mass is 16.3. The van der Waals surface area contributed by atoms with Crippen LogP contribution in [0.25, 0.3) is 145 Å². The fourth-order valence-corrected chi connectivity index (χ4v) is 10.0. The molecule has 0 radical (unpaired) electrons. The van der Waals surface area contributed by atoms with Crippen molar-refractivity contribution in [2.75, 3.05) is 0 Å². The molecule has 8 heterocycles. The molecule has 0 fully saturated rings. The number of nitrogens with zero attached hydrogens (tertiary/aromatic N) is 13. The van der Waals surface area contributed by atoms with Gasteiger partial charge in [0.05, 0.1) is 46.9 Å². The summed E-state index contributed by atoms with van der Waals surface area (Å²) in [6.45, 7) is 0. The maximum atomic E-state index is 6.36. The molecule has 0 aliphatic rings. The maximum Gasteiger partial charge on any atom is 0.238 e. The van der Waals surface area contributed by atoms with E-state index in [4.69, 9.17) is 29.3 Å². The van der Waals surface area contributed by atoms with Gasteiger partial charge in [-0.25, -0.2) is 44.9 Å². The number of furan rings is 1. The molecule has 0 aliphatic heterocycles. The summed E-state index contributed by atoms with van der Waals surface area (Å²) in [5.74, 6) is 0.916. The van der Waals surface area contributed by atoms with E-state index >= 15 is 0 Å². The van der Waals surface area contributed by atoms with Crippen LogP contribution in [0.1, 0.15) is 0 Å². The van der Waals surface area contributed by atoms with Gasteiger partial charge in [-0.3, -0.25) is 4.57 Å². The second kappa shape index (κ2) is 15.2. The molecule has 0 N–H and O–H groups in total. The van der Waals surface area contributed by atoms with Gasteiger partial charge in [-0.15, -0.1) is 0 Å². The summed E-state index contributed by atoms with van der Waals surface area (Å²) in [4.78, 5) is 51.2. The number of hydrogen-bond acceptors (Lipinski definition) is 12. The van der Waals surface area contributed by atoms with Crippen LogP contribution in [-0.4, -0.2) is 64.0 Å². The molecule has 0 spiro atoms. The number of para-hydroxylation sites is 2. The zero-order valence-electron chi connectivity index (χ0n) is 37.1. The van der Waals surface area contributed by atoms with Crippen molar-refractivity contribution in [3.63, 3.8) is 0 Å². The van der Waals surface area contributed by atoms with Crippen LogP contribution in [0.3, 0.4) is 0 Å². The summed E-state index contributed by atoms with van der Waals surface area (Å²) in [6.07, 6.45) is 9.36. The van der Waals surface area contributed by atoms with Crippen LogP contribution in [0.2, 0.25) is 0 Å². The molecule has 7 aromatic carbocycles. The quantitative estimate of drug-likeness (QED) is 0.155. The minimum Gasteiger partial charge on any atom is -0.456 e. The van der Waals surface area contributed by atoms with Crippen molar-refractivity contribution in [2.45, 2.75) is 0 Å². The molecule has 71 heavy (non-hydrogen) atoms. The van der Waals surface area contributed by atoms with Gasteiger partial charge < -0.3 is 8.98 Å². The van der Waals surface area contributed by atoms with Gasteiger partial charge in [0.25, 0.3) is 0 Å². The van der Waals surface area contributed by atoms with E-state index in [-0.39, 0.29) is 11.6 Å². The molecule has 0 saturated heterocycles. The summed E-state index contributed by atoms with van der Waals surface area (Å²) in [6, 6.07) is 53.3. The smallest absolute Gasteiger partial charge is 0.238 e. The molecule has 0 aliphatic carbocycles. The largest absolute Gasteiger partial charge is 0.456 e. The highest BCUT2D eigenvalue weighted by Gasteiger charge is 2.24. The normalized spacial score (nSPS) is 11.9. The van der Waals surface area contributed by atoms with E-state index in [0.717, 1.165) is 93.5 Å². The molecule has 0 saturated carbocycles. The Labute approximate surface area is 400 Å². The van der Waals surface area contributed by atoms with Gasteiger partial charge in [0, 0.05) is 38.0 Å². The van der Waals surface area contributed by atoms with Crippen LogP contribution in [0, 0.1) is 0 Å². The van der Waals surface area contributed by atoms with Crippen LogP contribution in [0.5, 0.6) is 0 Å². The van der Waals surface area contributed by atoms with Crippen molar-refractivity contribution in [2.24, 2.45) is 0 Å². The summed E-state index contributed by atoms with van der Waals surface area (Å²) in [5, 5.41) is 6.33. The maximum absolute atomic E-state index is 6.36. The fraction of sp³-hybridized carbons (Fsp3) is 0. The Balaban J connectivity index is 0.948. The first-order chi connectivity index (χ1) is 35.2. The van der Waals surface area contributed by atoms with Gasteiger partial charge in [0.2, 0.25) is 5.95 Å². The first-order valence-electron chi connectivity index (χ1n) is 22.9. The minimum absolute atomic E-state index is 0.278. The van der Waals surface area contributed by atoms with Gasteiger partial charge in [0.1, 0.15) is 46.2 Å². The molecule has 14 nitrogen and oxygen atoms in total. The summed E-state index contributed by atoms with van der Waals surface area (Å²) < 4.78 is 10.8. The standard InChI is InChI=1S/C57H31N13O/c1-2-9-32(10-3-1)34-17-21-49-40(24-34)41-25-35(18-22-50(41)71-49)33-11-8-12-36(23-33)69-47-16-7-5-14-39(47)51-48(69)20-19-38-37-13-4-6-15-46(37)70(52(38)51)57-67-55(44-29-61-53-43(64-44)27-59-30-62-53)66-56(68-57)45-28-60-42-26-58-31-63-54(42)65-45/h1-31H. The molecule has 0 unspecified atom stereocenters. The van der Waals surface area contributed by atoms with Gasteiger partial charge in [-0.1, -0.05) is 97.1 Å². The predicted octanol–water partition coefficient (Wildman–Crippen LogP) is 12.1. The lowest BCUT2D eigenvalue weighted by Crippen LogP contribution is -2.08. The average molecular weight is 914 g/mol. The number of rotatable bonds is 6. The van der Waals surface area contributed by atoms with Crippen molar-refractivity contribution < 1.29 is 4.42 Å². The predicted molar refractivity (Wildman–Crippen MR) is 275 cm³/mol. The Morgan fingerprint density at radius 3 is 1.83 bits per heavy atom.